The molecule has 3 nitrogen and oxygen atoms in total. The molecule has 0 aromatic heterocycles. The molecule has 1 fully saturated rings. The number of carboxylic acids is 1. The lowest BCUT2D eigenvalue weighted by atomic mass is 10.1. The standard InChI is InChI=1S/C11H12ClNO2/c12-8-3-1-2-4-9(8)13-10(11(14)15)7-5-6-7/h1-4,7,10,13H,5-6H2,(H,14,15). The van der Waals surface area contributed by atoms with Gasteiger partial charge in [-0.25, -0.2) is 4.79 Å². The molecule has 80 valence electrons. The van der Waals surface area contributed by atoms with Gasteiger partial charge < -0.3 is 10.4 Å². The molecule has 1 aromatic carbocycles. The quantitative estimate of drug-likeness (QED) is 0.828. The second-order valence-corrected chi connectivity index (χ2v) is 4.18. The second-order valence-electron chi connectivity index (χ2n) is 3.78. The highest BCUT2D eigenvalue weighted by molar-refractivity contribution is 6.33. The van der Waals surface area contributed by atoms with Crippen LogP contribution in [0.4, 0.5) is 5.69 Å². The predicted octanol–water partition coefficient (Wildman–Crippen LogP) is 2.62. The minimum absolute atomic E-state index is 0.249. The summed E-state index contributed by atoms with van der Waals surface area (Å²) >= 11 is 5.94. The number of para-hydroxylation sites is 1. The molecule has 15 heavy (non-hydrogen) atoms. The largest absolute Gasteiger partial charge is 0.480 e. The lowest BCUT2D eigenvalue weighted by molar-refractivity contribution is -0.138. The molecule has 0 amide bonds. The minimum atomic E-state index is -0.808. The van der Waals surface area contributed by atoms with Gasteiger partial charge in [0, 0.05) is 0 Å². The number of aliphatic carboxylic acids is 1. The van der Waals surface area contributed by atoms with Gasteiger partial charge in [0.15, 0.2) is 0 Å². The van der Waals surface area contributed by atoms with Crippen LogP contribution in [0.2, 0.25) is 5.02 Å². The van der Waals surface area contributed by atoms with E-state index in [0.29, 0.717) is 10.7 Å². The van der Waals surface area contributed by atoms with Gasteiger partial charge in [-0.3, -0.25) is 0 Å². The average molecular weight is 226 g/mol. The first-order valence-corrected chi connectivity index (χ1v) is 5.30. The summed E-state index contributed by atoms with van der Waals surface area (Å²) in [6.07, 6.45) is 1.96. The van der Waals surface area contributed by atoms with Gasteiger partial charge in [-0.05, 0) is 30.9 Å². The number of anilines is 1. The number of benzene rings is 1. The second kappa shape index (κ2) is 4.11. The summed E-state index contributed by atoms with van der Waals surface area (Å²) in [6.45, 7) is 0. The van der Waals surface area contributed by atoms with Crippen molar-refractivity contribution in [1.29, 1.82) is 0 Å². The van der Waals surface area contributed by atoms with E-state index in [0.717, 1.165) is 12.8 Å². The molecule has 2 N–H and O–H groups in total. The van der Waals surface area contributed by atoms with Crippen molar-refractivity contribution in [2.24, 2.45) is 5.92 Å². The summed E-state index contributed by atoms with van der Waals surface area (Å²) in [5.74, 6) is -0.559. The van der Waals surface area contributed by atoms with Crippen LogP contribution in [-0.2, 0) is 4.79 Å². The highest BCUT2D eigenvalue weighted by Gasteiger charge is 2.36. The first-order valence-electron chi connectivity index (χ1n) is 4.92. The number of hydrogen-bond donors (Lipinski definition) is 2. The maximum Gasteiger partial charge on any atom is 0.326 e. The zero-order valence-electron chi connectivity index (χ0n) is 8.11. The zero-order valence-corrected chi connectivity index (χ0v) is 8.87. The van der Waals surface area contributed by atoms with Gasteiger partial charge in [-0.15, -0.1) is 0 Å². The van der Waals surface area contributed by atoms with Gasteiger partial charge in [0.25, 0.3) is 0 Å². The zero-order chi connectivity index (χ0) is 10.8. The summed E-state index contributed by atoms with van der Waals surface area (Å²) < 4.78 is 0. The molecule has 1 saturated carbocycles. The number of hydrogen-bond acceptors (Lipinski definition) is 2. The van der Waals surface area contributed by atoms with Crippen molar-refractivity contribution >= 4 is 23.3 Å². The van der Waals surface area contributed by atoms with E-state index in [4.69, 9.17) is 16.7 Å². The van der Waals surface area contributed by atoms with Crippen molar-refractivity contribution in [2.75, 3.05) is 5.32 Å². The third-order valence-electron chi connectivity index (χ3n) is 2.54. The van der Waals surface area contributed by atoms with Gasteiger partial charge in [0.2, 0.25) is 0 Å². The maximum absolute atomic E-state index is 11.0. The summed E-state index contributed by atoms with van der Waals surface area (Å²) in [5, 5.41) is 12.6. The van der Waals surface area contributed by atoms with E-state index >= 15 is 0 Å². The van der Waals surface area contributed by atoms with E-state index in [2.05, 4.69) is 5.32 Å². The number of carboxylic acid groups (broad SMARTS) is 1. The minimum Gasteiger partial charge on any atom is -0.480 e. The lowest BCUT2D eigenvalue weighted by Crippen LogP contribution is -2.31. The number of halogens is 1. The lowest BCUT2D eigenvalue weighted by Gasteiger charge is -2.15. The van der Waals surface area contributed by atoms with Crippen molar-refractivity contribution in [3.8, 4) is 0 Å². The molecule has 0 heterocycles. The van der Waals surface area contributed by atoms with Crippen molar-refractivity contribution in [3.05, 3.63) is 29.3 Å². The molecule has 2 rings (SSSR count). The molecule has 4 heteroatoms. The van der Waals surface area contributed by atoms with Crippen LogP contribution in [0.3, 0.4) is 0 Å². The van der Waals surface area contributed by atoms with E-state index < -0.39 is 12.0 Å². The summed E-state index contributed by atoms with van der Waals surface area (Å²) in [4.78, 5) is 11.0. The van der Waals surface area contributed by atoms with Gasteiger partial charge >= 0.3 is 5.97 Å². The molecular weight excluding hydrogens is 214 g/mol. The Morgan fingerprint density at radius 2 is 2.13 bits per heavy atom. The summed E-state index contributed by atoms with van der Waals surface area (Å²) in [6, 6.07) is 6.68. The van der Waals surface area contributed by atoms with Crippen LogP contribution in [-0.4, -0.2) is 17.1 Å². The van der Waals surface area contributed by atoms with Crippen LogP contribution >= 0.6 is 11.6 Å². The van der Waals surface area contributed by atoms with Crippen LogP contribution < -0.4 is 5.32 Å². The summed E-state index contributed by atoms with van der Waals surface area (Å²) in [7, 11) is 0. The summed E-state index contributed by atoms with van der Waals surface area (Å²) in [5.41, 5.74) is 0.693. The molecule has 0 spiro atoms. The molecule has 0 radical (unpaired) electrons. The Hall–Kier alpha value is -1.22. The Morgan fingerprint density at radius 3 is 2.67 bits per heavy atom. The molecule has 0 saturated heterocycles. The van der Waals surface area contributed by atoms with Crippen molar-refractivity contribution in [2.45, 2.75) is 18.9 Å². The molecular formula is C11H12ClNO2. The topological polar surface area (TPSA) is 49.3 Å². The molecule has 1 aliphatic carbocycles. The monoisotopic (exact) mass is 225 g/mol. The van der Waals surface area contributed by atoms with E-state index in [9.17, 15) is 4.79 Å². The fourth-order valence-corrected chi connectivity index (χ4v) is 1.75. The smallest absolute Gasteiger partial charge is 0.326 e. The Labute approximate surface area is 93.1 Å². The highest BCUT2D eigenvalue weighted by atomic mass is 35.5. The molecule has 0 bridgehead atoms. The van der Waals surface area contributed by atoms with Crippen molar-refractivity contribution < 1.29 is 9.90 Å². The molecule has 1 aromatic rings. The Bertz CT molecular complexity index is 377. The fraction of sp³-hybridized carbons (Fsp3) is 0.364. The van der Waals surface area contributed by atoms with Gasteiger partial charge in [-0.1, -0.05) is 23.7 Å². The van der Waals surface area contributed by atoms with E-state index in [1.807, 2.05) is 12.1 Å². The van der Waals surface area contributed by atoms with Crippen molar-refractivity contribution in [3.63, 3.8) is 0 Å². The fourth-order valence-electron chi connectivity index (χ4n) is 1.56. The molecule has 1 atom stereocenters. The van der Waals surface area contributed by atoms with Crippen LogP contribution in [0.25, 0.3) is 0 Å². The maximum atomic E-state index is 11.0. The van der Waals surface area contributed by atoms with Gasteiger partial charge in [0.1, 0.15) is 6.04 Å². The van der Waals surface area contributed by atoms with Gasteiger partial charge in [-0.2, -0.15) is 0 Å². The first-order chi connectivity index (χ1) is 7.18. The number of carbonyl (C=O) groups is 1. The molecule has 0 aliphatic heterocycles. The number of rotatable bonds is 4. The molecule has 1 aliphatic rings. The van der Waals surface area contributed by atoms with Crippen LogP contribution in [0.15, 0.2) is 24.3 Å². The first kappa shape index (κ1) is 10.3. The van der Waals surface area contributed by atoms with Gasteiger partial charge in [0.05, 0.1) is 10.7 Å². The third kappa shape index (κ3) is 2.42. The Morgan fingerprint density at radius 1 is 1.47 bits per heavy atom. The van der Waals surface area contributed by atoms with Crippen LogP contribution in [0.5, 0.6) is 0 Å². The highest BCUT2D eigenvalue weighted by Crippen LogP contribution is 2.35. The van der Waals surface area contributed by atoms with E-state index in [1.165, 1.54) is 0 Å². The predicted molar refractivity (Wildman–Crippen MR) is 59.2 cm³/mol. The molecule has 1 unspecified atom stereocenters. The average Bonchev–Trinajstić information content (AvgIpc) is 2.99. The van der Waals surface area contributed by atoms with Crippen LogP contribution in [0.1, 0.15) is 12.8 Å². The SMILES string of the molecule is O=C(O)C(Nc1ccccc1Cl)C1CC1. The van der Waals surface area contributed by atoms with E-state index in [-0.39, 0.29) is 5.92 Å². The van der Waals surface area contributed by atoms with Crippen LogP contribution in [0, 0.1) is 5.92 Å². The number of nitrogens with one attached hydrogen (secondary N) is 1. The van der Waals surface area contributed by atoms with E-state index in [1.54, 1.807) is 12.1 Å². The third-order valence-corrected chi connectivity index (χ3v) is 2.87. The van der Waals surface area contributed by atoms with Crippen molar-refractivity contribution in [1.82, 2.24) is 0 Å². The Kier molecular flexibility index (Phi) is 2.82. The Balaban J connectivity index is 2.12. The normalized spacial score (nSPS) is 17.1.